The van der Waals surface area contributed by atoms with Crippen LogP contribution >= 0.6 is 0 Å². The molecule has 5 heteroatoms. The molecule has 1 aliphatic rings. The minimum Gasteiger partial charge on any atom is -0.391 e. The van der Waals surface area contributed by atoms with Crippen LogP contribution in [-0.4, -0.2) is 52.8 Å². The maximum absolute atomic E-state index is 13.2. The highest BCUT2D eigenvalue weighted by Crippen LogP contribution is 2.28. The number of nitrogens with zero attached hydrogens (tertiary/aromatic N) is 1. The Morgan fingerprint density at radius 2 is 2.03 bits per heavy atom. The van der Waals surface area contributed by atoms with Gasteiger partial charge in [0.25, 0.3) is 0 Å². The smallest absolute Gasteiger partial charge is 0.242 e. The van der Waals surface area contributed by atoms with Crippen LogP contribution in [0.4, 0.5) is 0 Å². The Morgan fingerprint density at radius 1 is 1.34 bits per heavy atom. The lowest BCUT2D eigenvalue weighted by Crippen LogP contribution is -2.52. The fraction of sp³-hybridized carbons (Fsp3) is 0.375. The molecule has 1 aromatic rings. The topological polar surface area (TPSA) is 72.8 Å². The van der Waals surface area contributed by atoms with Crippen LogP contribution in [0.3, 0.4) is 0 Å². The lowest BCUT2D eigenvalue weighted by atomic mass is 9.93. The molecular weight excluding hydrogens is 364 g/mol. The molecule has 2 rings (SSSR count). The van der Waals surface area contributed by atoms with Crippen molar-refractivity contribution in [2.24, 2.45) is 5.92 Å². The summed E-state index contributed by atoms with van der Waals surface area (Å²) < 4.78 is 0. The predicted molar refractivity (Wildman–Crippen MR) is 117 cm³/mol. The van der Waals surface area contributed by atoms with Crippen LogP contribution in [0.2, 0.25) is 0 Å². The van der Waals surface area contributed by atoms with Gasteiger partial charge in [0, 0.05) is 19.5 Å². The molecule has 29 heavy (non-hydrogen) atoms. The molecule has 1 heterocycles. The van der Waals surface area contributed by atoms with Crippen molar-refractivity contribution in [2.45, 2.75) is 37.6 Å². The summed E-state index contributed by atoms with van der Waals surface area (Å²) in [5.41, 5.74) is 1.30. The van der Waals surface area contributed by atoms with Crippen LogP contribution in [0.15, 0.2) is 79.4 Å². The van der Waals surface area contributed by atoms with Gasteiger partial charge < -0.3 is 20.4 Å². The number of carbonyl (C=O) groups excluding carboxylic acids is 1. The van der Waals surface area contributed by atoms with Crippen LogP contribution < -0.4 is 5.32 Å². The Kier molecular flexibility index (Phi) is 8.58. The first-order chi connectivity index (χ1) is 13.9. The summed E-state index contributed by atoms with van der Waals surface area (Å²) in [6, 6.07) is 7.82. The van der Waals surface area contributed by atoms with E-state index in [4.69, 9.17) is 0 Å². The van der Waals surface area contributed by atoms with Crippen molar-refractivity contribution in [1.82, 2.24) is 10.2 Å². The number of aliphatic hydroxyl groups is 2. The molecule has 1 aromatic carbocycles. The lowest BCUT2D eigenvalue weighted by molar-refractivity contribution is -0.137. The number of nitrogens with one attached hydrogen (secondary N) is 1. The number of hydrogen-bond donors (Lipinski definition) is 3. The molecular formula is C24H32N2O3. The van der Waals surface area contributed by atoms with Gasteiger partial charge in [-0.2, -0.15) is 0 Å². The molecule has 1 fully saturated rings. The first-order valence-electron chi connectivity index (χ1n) is 9.92. The van der Waals surface area contributed by atoms with E-state index in [1.807, 2.05) is 55.5 Å². The summed E-state index contributed by atoms with van der Waals surface area (Å²) in [5, 5.41) is 24.8. The molecule has 3 N–H and O–H groups in total. The van der Waals surface area contributed by atoms with Gasteiger partial charge in [0.15, 0.2) is 0 Å². The second-order valence-electron chi connectivity index (χ2n) is 7.37. The second kappa shape index (κ2) is 10.9. The zero-order valence-corrected chi connectivity index (χ0v) is 17.2. The largest absolute Gasteiger partial charge is 0.391 e. The van der Waals surface area contributed by atoms with Crippen LogP contribution in [0, 0.1) is 5.92 Å². The minimum absolute atomic E-state index is 0.0508. The molecule has 1 amide bonds. The number of amides is 1. The van der Waals surface area contributed by atoms with Crippen molar-refractivity contribution in [3.63, 3.8) is 0 Å². The van der Waals surface area contributed by atoms with Gasteiger partial charge in [0.2, 0.25) is 5.91 Å². The minimum atomic E-state index is -0.949. The van der Waals surface area contributed by atoms with Gasteiger partial charge in [-0.1, -0.05) is 67.3 Å². The molecule has 0 bridgehead atoms. The number of likely N-dealkylation sites (N-methyl/N-ethyl adjacent to an activating group) is 1. The van der Waals surface area contributed by atoms with Crippen molar-refractivity contribution < 1.29 is 15.0 Å². The average molecular weight is 397 g/mol. The normalized spacial score (nSPS) is 23.9. The second-order valence-corrected chi connectivity index (χ2v) is 7.37. The Balaban J connectivity index is 2.28. The van der Waals surface area contributed by atoms with Crippen molar-refractivity contribution in [2.75, 3.05) is 13.6 Å². The summed E-state index contributed by atoms with van der Waals surface area (Å²) >= 11 is 0. The third kappa shape index (κ3) is 5.54. The Morgan fingerprint density at radius 3 is 2.66 bits per heavy atom. The van der Waals surface area contributed by atoms with E-state index in [0.717, 1.165) is 0 Å². The maximum Gasteiger partial charge on any atom is 0.242 e. The first-order valence-corrected chi connectivity index (χ1v) is 9.92. The van der Waals surface area contributed by atoms with E-state index < -0.39 is 24.3 Å². The molecule has 156 valence electrons. The summed E-state index contributed by atoms with van der Waals surface area (Å²) in [5.74, 6) is -0.324. The molecule has 0 aliphatic carbocycles. The highest BCUT2D eigenvalue weighted by atomic mass is 16.3. The molecule has 0 aromatic heterocycles. The molecule has 1 saturated heterocycles. The first kappa shape index (κ1) is 22.8. The molecule has 5 nitrogen and oxygen atoms in total. The van der Waals surface area contributed by atoms with Gasteiger partial charge in [-0.25, -0.2) is 0 Å². The van der Waals surface area contributed by atoms with Gasteiger partial charge in [-0.15, -0.1) is 6.58 Å². The zero-order valence-electron chi connectivity index (χ0n) is 17.2. The van der Waals surface area contributed by atoms with Gasteiger partial charge in [0.05, 0.1) is 12.1 Å². The monoisotopic (exact) mass is 396 g/mol. The molecule has 0 saturated carbocycles. The number of carbonyl (C=O) groups is 1. The molecule has 0 spiro atoms. The van der Waals surface area contributed by atoms with E-state index in [0.29, 0.717) is 24.1 Å². The number of benzene rings is 1. The van der Waals surface area contributed by atoms with Crippen LogP contribution in [0.25, 0.3) is 0 Å². The number of rotatable bonds is 9. The van der Waals surface area contributed by atoms with Crippen LogP contribution in [0.1, 0.15) is 25.0 Å². The van der Waals surface area contributed by atoms with Crippen LogP contribution in [0.5, 0.6) is 0 Å². The zero-order chi connectivity index (χ0) is 21.4. The highest BCUT2D eigenvalue weighted by molar-refractivity contribution is 5.83. The Labute approximate surface area is 173 Å². The van der Waals surface area contributed by atoms with E-state index in [2.05, 4.69) is 18.5 Å². The summed E-state index contributed by atoms with van der Waals surface area (Å²) in [7, 11) is 1.64. The standard InChI is InChI=1S/C24H32N2O3/c1-5-7-9-13-17(3)21(23(28)18-14-10-8-11-15-18)26(4)24(29)20-22(27)19(12-6-2)16-25-20/h5-11,13-15,19-23,25,27-28H,2-3,12,16H2,1,4H3/b7-5-,13-9-/t19-,20-,21+,22+,23+/m0/s1. The molecule has 0 radical (unpaired) electrons. The van der Waals surface area contributed by atoms with Crippen molar-refractivity contribution in [3.8, 4) is 0 Å². The molecule has 0 unspecified atom stereocenters. The van der Waals surface area contributed by atoms with Gasteiger partial charge >= 0.3 is 0 Å². The van der Waals surface area contributed by atoms with E-state index in [-0.39, 0.29) is 11.8 Å². The van der Waals surface area contributed by atoms with E-state index in [1.165, 1.54) is 4.90 Å². The SMILES string of the molecule is C=CC[C@H]1CN[C@H](C(=O)N(C)[C@H](C(=C)/C=C\C=C/C)[C@H](O)c2ccccc2)[C@@H]1O. The van der Waals surface area contributed by atoms with Gasteiger partial charge in [-0.3, -0.25) is 4.79 Å². The Hall–Kier alpha value is -2.47. The fourth-order valence-corrected chi connectivity index (χ4v) is 3.70. The van der Waals surface area contributed by atoms with Crippen molar-refractivity contribution in [1.29, 1.82) is 0 Å². The molecule has 1 aliphatic heterocycles. The van der Waals surface area contributed by atoms with E-state index >= 15 is 0 Å². The van der Waals surface area contributed by atoms with Gasteiger partial charge in [-0.05, 0) is 24.5 Å². The fourth-order valence-electron chi connectivity index (χ4n) is 3.70. The summed E-state index contributed by atoms with van der Waals surface area (Å²) in [6.07, 6.45) is 8.01. The van der Waals surface area contributed by atoms with Crippen LogP contribution in [-0.2, 0) is 4.79 Å². The predicted octanol–water partition coefficient (Wildman–Crippen LogP) is 2.76. The molecule has 5 atom stereocenters. The quantitative estimate of drug-likeness (QED) is 0.443. The highest BCUT2D eigenvalue weighted by Gasteiger charge is 2.42. The third-order valence-electron chi connectivity index (χ3n) is 5.36. The van der Waals surface area contributed by atoms with E-state index in [9.17, 15) is 15.0 Å². The van der Waals surface area contributed by atoms with Crippen molar-refractivity contribution in [3.05, 3.63) is 85.0 Å². The summed E-state index contributed by atoms with van der Waals surface area (Å²) in [4.78, 5) is 14.7. The third-order valence-corrected chi connectivity index (χ3v) is 5.36. The lowest BCUT2D eigenvalue weighted by Gasteiger charge is -2.35. The maximum atomic E-state index is 13.2. The number of hydrogen-bond acceptors (Lipinski definition) is 4. The number of aliphatic hydroxyl groups excluding tert-OH is 2. The Bertz CT molecular complexity index is 757. The van der Waals surface area contributed by atoms with Gasteiger partial charge in [0.1, 0.15) is 12.1 Å². The van der Waals surface area contributed by atoms with Crippen molar-refractivity contribution >= 4 is 5.91 Å². The number of allylic oxidation sites excluding steroid dienone is 4. The average Bonchev–Trinajstić information content (AvgIpc) is 3.09. The van der Waals surface area contributed by atoms with E-state index in [1.54, 1.807) is 19.2 Å². The summed E-state index contributed by atoms with van der Waals surface area (Å²) in [6.45, 7) is 10.3.